The first-order chi connectivity index (χ1) is 10.3. The van der Waals surface area contributed by atoms with Crippen LogP contribution in [0, 0.1) is 0 Å². The van der Waals surface area contributed by atoms with Crippen LogP contribution in [-0.4, -0.2) is 37.8 Å². The Morgan fingerprint density at radius 1 is 1.29 bits per heavy atom. The molecule has 0 aliphatic carbocycles. The molecule has 9 heteroatoms. The van der Waals surface area contributed by atoms with Gasteiger partial charge in [-0.1, -0.05) is 0 Å². The highest BCUT2D eigenvalue weighted by atomic mass is 16.5. The van der Waals surface area contributed by atoms with Gasteiger partial charge >= 0.3 is 0 Å². The van der Waals surface area contributed by atoms with Gasteiger partial charge in [-0.3, -0.25) is 4.79 Å². The van der Waals surface area contributed by atoms with E-state index in [-0.39, 0.29) is 12.5 Å². The average molecular weight is 283 g/mol. The van der Waals surface area contributed by atoms with E-state index in [4.69, 9.17) is 4.74 Å². The van der Waals surface area contributed by atoms with E-state index >= 15 is 0 Å². The molecule has 1 aliphatic rings. The number of amides is 1. The summed E-state index contributed by atoms with van der Waals surface area (Å²) in [6.45, 7) is 0.0191. The van der Waals surface area contributed by atoms with E-state index in [1.165, 1.54) is 4.63 Å². The standard InChI is InChI=1S/C12H9N7O2/c20-12-6-21-9-5-7(1-2-8(9)14-12)13-10-3-4-11-15-17-18-19(11)16-10/h1-5H,6H2,(H,13,16)(H,14,20). The lowest BCUT2D eigenvalue weighted by atomic mass is 10.2. The Kier molecular flexibility index (Phi) is 2.43. The first kappa shape index (κ1) is 11.6. The first-order valence-electron chi connectivity index (χ1n) is 6.17. The smallest absolute Gasteiger partial charge is 0.262 e. The largest absolute Gasteiger partial charge is 0.482 e. The number of aromatic nitrogens is 5. The van der Waals surface area contributed by atoms with Crippen molar-refractivity contribution in [3.05, 3.63) is 30.3 Å². The predicted molar refractivity (Wildman–Crippen MR) is 72.4 cm³/mol. The van der Waals surface area contributed by atoms with Crippen molar-refractivity contribution < 1.29 is 9.53 Å². The van der Waals surface area contributed by atoms with Crippen LogP contribution in [0.4, 0.5) is 17.2 Å². The van der Waals surface area contributed by atoms with E-state index in [1.54, 1.807) is 24.3 Å². The number of anilines is 3. The number of ether oxygens (including phenoxy) is 1. The van der Waals surface area contributed by atoms with Crippen molar-refractivity contribution in [3.63, 3.8) is 0 Å². The van der Waals surface area contributed by atoms with E-state index in [2.05, 4.69) is 31.3 Å². The number of nitrogens with zero attached hydrogens (tertiary/aromatic N) is 5. The fraction of sp³-hybridized carbons (Fsp3) is 0.0833. The summed E-state index contributed by atoms with van der Waals surface area (Å²) in [5.74, 6) is 1.05. The van der Waals surface area contributed by atoms with Gasteiger partial charge in [0.1, 0.15) is 5.75 Å². The predicted octanol–water partition coefficient (Wildman–Crippen LogP) is 0.594. The molecule has 21 heavy (non-hydrogen) atoms. The van der Waals surface area contributed by atoms with Crippen LogP contribution >= 0.6 is 0 Å². The van der Waals surface area contributed by atoms with Gasteiger partial charge in [0.05, 0.1) is 5.69 Å². The molecule has 0 bridgehead atoms. The molecule has 1 aromatic carbocycles. The van der Waals surface area contributed by atoms with Gasteiger partial charge in [0, 0.05) is 11.8 Å². The van der Waals surface area contributed by atoms with Crippen molar-refractivity contribution in [2.75, 3.05) is 17.2 Å². The first-order valence-corrected chi connectivity index (χ1v) is 6.17. The summed E-state index contributed by atoms with van der Waals surface area (Å²) in [6, 6.07) is 8.90. The summed E-state index contributed by atoms with van der Waals surface area (Å²) < 4.78 is 6.69. The van der Waals surface area contributed by atoms with Gasteiger partial charge < -0.3 is 15.4 Å². The van der Waals surface area contributed by atoms with E-state index in [0.717, 1.165) is 5.69 Å². The normalized spacial score (nSPS) is 13.4. The SMILES string of the molecule is O=C1COc2cc(Nc3ccc4nnnn4n3)ccc2N1. The van der Waals surface area contributed by atoms with Crippen LogP contribution in [0.5, 0.6) is 5.75 Å². The Balaban J connectivity index is 1.63. The van der Waals surface area contributed by atoms with Crippen molar-refractivity contribution in [1.82, 2.24) is 25.3 Å². The van der Waals surface area contributed by atoms with Crippen LogP contribution in [-0.2, 0) is 4.79 Å². The number of tetrazole rings is 1. The zero-order chi connectivity index (χ0) is 14.2. The summed E-state index contributed by atoms with van der Waals surface area (Å²) in [6.07, 6.45) is 0. The highest BCUT2D eigenvalue weighted by molar-refractivity contribution is 5.95. The molecule has 1 amide bonds. The van der Waals surface area contributed by atoms with E-state index in [1.807, 2.05) is 6.07 Å². The van der Waals surface area contributed by atoms with Crippen LogP contribution < -0.4 is 15.4 Å². The summed E-state index contributed by atoms with van der Waals surface area (Å²) in [5.41, 5.74) is 2.00. The minimum absolute atomic E-state index is 0.0191. The van der Waals surface area contributed by atoms with Gasteiger partial charge in [-0.05, 0) is 34.7 Å². The van der Waals surface area contributed by atoms with Gasteiger partial charge in [-0.25, -0.2) is 0 Å². The van der Waals surface area contributed by atoms with Gasteiger partial charge in [0.2, 0.25) is 0 Å². The molecule has 2 aromatic heterocycles. The lowest BCUT2D eigenvalue weighted by Crippen LogP contribution is -2.25. The highest BCUT2D eigenvalue weighted by Gasteiger charge is 2.16. The summed E-state index contributed by atoms with van der Waals surface area (Å²) in [4.78, 5) is 11.2. The maximum Gasteiger partial charge on any atom is 0.262 e. The Labute approximate surface area is 117 Å². The third-order valence-corrected chi connectivity index (χ3v) is 2.96. The van der Waals surface area contributed by atoms with Gasteiger partial charge in [-0.2, -0.15) is 0 Å². The summed E-state index contributed by atoms with van der Waals surface area (Å²) in [5, 5.41) is 21.1. The molecule has 0 spiro atoms. The molecule has 4 rings (SSSR count). The van der Waals surface area contributed by atoms with Crippen LogP contribution in [0.25, 0.3) is 5.65 Å². The lowest BCUT2D eigenvalue weighted by Gasteiger charge is -2.18. The number of rotatable bonds is 2. The molecule has 3 aromatic rings. The lowest BCUT2D eigenvalue weighted by molar-refractivity contribution is -0.118. The number of fused-ring (bicyclic) bond motifs is 2. The van der Waals surface area contributed by atoms with Gasteiger partial charge in [0.15, 0.2) is 18.1 Å². The molecule has 0 radical (unpaired) electrons. The topological polar surface area (TPSA) is 106 Å². The zero-order valence-electron chi connectivity index (χ0n) is 10.6. The van der Waals surface area contributed by atoms with Gasteiger partial charge in [0.25, 0.3) is 5.91 Å². The highest BCUT2D eigenvalue weighted by Crippen LogP contribution is 2.31. The monoisotopic (exact) mass is 283 g/mol. The number of hydrogen-bond donors (Lipinski definition) is 2. The average Bonchev–Trinajstić information content (AvgIpc) is 2.95. The Bertz CT molecular complexity index is 844. The molecule has 0 saturated heterocycles. The van der Waals surface area contributed by atoms with E-state index in [0.29, 0.717) is 22.9 Å². The van der Waals surface area contributed by atoms with E-state index in [9.17, 15) is 4.79 Å². The molecule has 0 atom stereocenters. The van der Waals surface area contributed by atoms with Crippen molar-refractivity contribution in [3.8, 4) is 5.75 Å². The molecular formula is C12H9N7O2. The third kappa shape index (κ3) is 2.10. The number of carbonyl (C=O) groups is 1. The second-order valence-corrected chi connectivity index (χ2v) is 4.42. The maximum absolute atomic E-state index is 11.2. The summed E-state index contributed by atoms with van der Waals surface area (Å²) in [7, 11) is 0. The Hall–Kier alpha value is -3.23. The molecule has 0 unspecified atom stereocenters. The van der Waals surface area contributed by atoms with Gasteiger partial charge in [-0.15, -0.1) is 14.8 Å². The van der Waals surface area contributed by atoms with Crippen molar-refractivity contribution in [2.45, 2.75) is 0 Å². The zero-order valence-corrected chi connectivity index (χ0v) is 10.6. The van der Waals surface area contributed by atoms with Crippen molar-refractivity contribution >= 4 is 28.7 Å². The van der Waals surface area contributed by atoms with Crippen molar-refractivity contribution in [2.24, 2.45) is 0 Å². The minimum atomic E-state index is -0.158. The number of hydrogen-bond acceptors (Lipinski definition) is 7. The van der Waals surface area contributed by atoms with Crippen LogP contribution in [0.2, 0.25) is 0 Å². The van der Waals surface area contributed by atoms with Crippen molar-refractivity contribution in [1.29, 1.82) is 0 Å². The van der Waals surface area contributed by atoms with Crippen LogP contribution in [0.15, 0.2) is 30.3 Å². The Morgan fingerprint density at radius 2 is 2.24 bits per heavy atom. The second kappa shape index (κ2) is 4.40. The number of benzene rings is 1. The fourth-order valence-electron chi connectivity index (χ4n) is 2.02. The number of nitrogens with one attached hydrogen (secondary N) is 2. The second-order valence-electron chi connectivity index (χ2n) is 4.42. The molecule has 0 fully saturated rings. The van der Waals surface area contributed by atoms with Crippen LogP contribution in [0.1, 0.15) is 0 Å². The number of carbonyl (C=O) groups excluding carboxylic acids is 1. The molecule has 104 valence electrons. The summed E-state index contributed by atoms with van der Waals surface area (Å²) >= 11 is 0. The fourth-order valence-corrected chi connectivity index (χ4v) is 2.02. The molecular weight excluding hydrogens is 274 g/mol. The molecule has 0 saturated carbocycles. The Morgan fingerprint density at radius 3 is 3.19 bits per heavy atom. The third-order valence-electron chi connectivity index (χ3n) is 2.96. The minimum Gasteiger partial charge on any atom is -0.482 e. The molecule has 2 N–H and O–H groups in total. The molecule has 1 aliphatic heterocycles. The van der Waals surface area contributed by atoms with Crippen LogP contribution in [0.3, 0.4) is 0 Å². The van der Waals surface area contributed by atoms with E-state index < -0.39 is 0 Å². The molecule has 3 heterocycles. The maximum atomic E-state index is 11.2. The molecule has 9 nitrogen and oxygen atoms in total. The quantitative estimate of drug-likeness (QED) is 0.709.